The summed E-state index contributed by atoms with van der Waals surface area (Å²) < 4.78 is 0. The van der Waals surface area contributed by atoms with Crippen LogP contribution in [-0.4, -0.2) is 4.98 Å². The molecule has 108 valence electrons. The van der Waals surface area contributed by atoms with Gasteiger partial charge in [0.15, 0.2) is 0 Å². The molecule has 0 radical (unpaired) electrons. The topological polar surface area (TPSA) is 50.9 Å². The molecule has 0 aliphatic heterocycles. The molecule has 0 atom stereocenters. The summed E-state index contributed by atoms with van der Waals surface area (Å²) >= 11 is 1.86. The van der Waals surface area contributed by atoms with Gasteiger partial charge in [-0.2, -0.15) is 0 Å². The number of benzene rings is 1. The minimum absolute atomic E-state index is 0.764. The van der Waals surface area contributed by atoms with Crippen LogP contribution < -0.4 is 11.1 Å². The maximum atomic E-state index is 5.91. The maximum absolute atomic E-state index is 5.91. The normalized spacial score (nSPS) is 11.0. The van der Waals surface area contributed by atoms with Crippen LogP contribution in [0.1, 0.15) is 22.4 Å². The summed E-state index contributed by atoms with van der Waals surface area (Å²) in [4.78, 5) is 7.33. The van der Waals surface area contributed by atoms with Crippen molar-refractivity contribution >= 4 is 33.6 Å². The first-order valence-corrected chi connectivity index (χ1v) is 7.95. The molecule has 0 spiro atoms. The molecule has 0 bridgehead atoms. The molecule has 21 heavy (non-hydrogen) atoms. The lowest BCUT2D eigenvalue weighted by Crippen LogP contribution is -2.00. The van der Waals surface area contributed by atoms with Gasteiger partial charge in [-0.1, -0.05) is 6.92 Å². The van der Waals surface area contributed by atoms with E-state index in [1.165, 1.54) is 9.75 Å². The van der Waals surface area contributed by atoms with Crippen molar-refractivity contribution in [3.8, 4) is 0 Å². The van der Waals surface area contributed by atoms with E-state index in [2.05, 4.69) is 35.4 Å². The molecule has 3 aromatic rings. The third-order valence-corrected chi connectivity index (χ3v) is 4.71. The van der Waals surface area contributed by atoms with Crippen LogP contribution in [0.5, 0.6) is 0 Å². The quantitative estimate of drug-likeness (QED) is 0.703. The van der Waals surface area contributed by atoms with E-state index in [4.69, 9.17) is 5.73 Å². The van der Waals surface area contributed by atoms with Crippen molar-refractivity contribution < 1.29 is 0 Å². The number of nitrogens with one attached hydrogen (secondary N) is 1. The summed E-state index contributed by atoms with van der Waals surface area (Å²) in [6.07, 6.45) is 1.10. The second kappa shape index (κ2) is 5.74. The third kappa shape index (κ3) is 3.00. The van der Waals surface area contributed by atoms with E-state index in [0.29, 0.717) is 0 Å². The van der Waals surface area contributed by atoms with Gasteiger partial charge in [0.25, 0.3) is 0 Å². The molecule has 0 fully saturated rings. The van der Waals surface area contributed by atoms with Crippen molar-refractivity contribution in [2.24, 2.45) is 0 Å². The van der Waals surface area contributed by atoms with Crippen LogP contribution in [0.25, 0.3) is 10.9 Å². The summed E-state index contributed by atoms with van der Waals surface area (Å²) in [5.41, 5.74) is 9.75. The number of nitrogen functional groups attached to an aromatic ring is 1. The highest BCUT2D eigenvalue weighted by Gasteiger charge is 2.05. The summed E-state index contributed by atoms with van der Waals surface area (Å²) in [5, 5.41) is 4.60. The number of thiophene rings is 1. The fourth-order valence-electron chi connectivity index (χ4n) is 2.41. The first kappa shape index (κ1) is 13.9. The number of hydrogen-bond acceptors (Lipinski definition) is 4. The second-order valence-electron chi connectivity index (χ2n) is 5.16. The van der Waals surface area contributed by atoms with Gasteiger partial charge in [-0.05, 0) is 49.7 Å². The van der Waals surface area contributed by atoms with Crippen LogP contribution in [0.15, 0.2) is 36.4 Å². The molecule has 1 aromatic carbocycles. The number of nitrogens with two attached hydrogens (primary N) is 1. The summed E-state index contributed by atoms with van der Waals surface area (Å²) in [6.45, 7) is 5.03. The largest absolute Gasteiger partial charge is 0.399 e. The number of anilines is 2. The third-order valence-electron chi connectivity index (χ3n) is 3.48. The Kier molecular flexibility index (Phi) is 3.80. The molecule has 0 aliphatic carbocycles. The zero-order valence-electron chi connectivity index (χ0n) is 12.3. The summed E-state index contributed by atoms with van der Waals surface area (Å²) in [7, 11) is 0. The van der Waals surface area contributed by atoms with Crippen LogP contribution in [0.4, 0.5) is 11.4 Å². The van der Waals surface area contributed by atoms with Gasteiger partial charge in [-0.15, -0.1) is 11.3 Å². The molecular weight excluding hydrogens is 278 g/mol. The molecule has 0 saturated heterocycles. The molecule has 3 nitrogen and oxygen atoms in total. The van der Waals surface area contributed by atoms with Crippen molar-refractivity contribution in [3.05, 3.63) is 51.8 Å². The van der Waals surface area contributed by atoms with E-state index < -0.39 is 0 Å². The molecule has 2 heterocycles. The van der Waals surface area contributed by atoms with Crippen molar-refractivity contribution in [1.29, 1.82) is 0 Å². The predicted molar refractivity (Wildman–Crippen MR) is 91.9 cm³/mol. The fraction of sp³-hybridized carbons (Fsp3) is 0.235. The number of nitrogens with zero attached hydrogens (tertiary/aromatic N) is 1. The lowest BCUT2D eigenvalue weighted by Gasteiger charge is -2.10. The average Bonchev–Trinajstić information content (AvgIpc) is 2.93. The van der Waals surface area contributed by atoms with Gasteiger partial charge < -0.3 is 11.1 Å². The number of aromatic nitrogens is 1. The minimum Gasteiger partial charge on any atom is -0.399 e. The van der Waals surface area contributed by atoms with Crippen LogP contribution in [0, 0.1) is 6.92 Å². The molecule has 3 rings (SSSR count). The monoisotopic (exact) mass is 297 g/mol. The second-order valence-corrected chi connectivity index (χ2v) is 6.42. The maximum Gasteiger partial charge on any atom is 0.0727 e. The van der Waals surface area contributed by atoms with Crippen LogP contribution in [-0.2, 0) is 13.0 Å². The van der Waals surface area contributed by atoms with Gasteiger partial charge in [0.2, 0.25) is 0 Å². The predicted octanol–water partition coefficient (Wildman–Crippen LogP) is 4.36. The number of rotatable bonds is 4. The summed E-state index contributed by atoms with van der Waals surface area (Å²) in [5.74, 6) is 0. The van der Waals surface area contributed by atoms with E-state index in [1.54, 1.807) is 0 Å². The zero-order chi connectivity index (χ0) is 14.8. The van der Waals surface area contributed by atoms with E-state index >= 15 is 0 Å². The zero-order valence-corrected chi connectivity index (χ0v) is 13.1. The first-order chi connectivity index (χ1) is 10.2. The van der Waals surface area contributed by atoms with E-state index in [9.17, 15) is 0 Å². The first-order valence-electron chi connectivity index (χ1n) is 7.14. The van der Waals surface area contributed by atoms with Gasteiger partial charge in [-0.3, -0.25) is 4.98 Å². The highest BCUT2D eigenvalue weighted by molar-refractivity contribution is 7.12. The number of pyridine rings is 1. The van der Waals surface area contributed by atoms with Gasteiger partial charge in [0, 0.05) is 38.8 Å². The lowest BCUT2D eigenvalue weighted by atomic mass is 10.1. The average molecular weight is 297 g/mol. The molecule has 0 unspecified atom stereocenters. The Morgan fingerprint density at radius 3 is 2.71 bits per heavy atom. The van der Waals surface area contributed by atoms with E-state index in [1.807, 2.05) is 36.5 Å². The van der Waals surface area contributed by atoms with Gasteiger partial charge in [-0.25, -0.2) is 0 Å². The Bertz CT molecular complexity index is 777. The van der Waals surface area contributed by atoms with Crippen molar-refractivity contribution in [2.75, 3.05) is 11.1 Å². The highest BCUT2D eigenvalue weighted by atomic mass is 32.1. The van der Waals surface area contributed by atoms with Crippen LogP contribution in [0.2, 0.25) is 0 Å². The van der Waals surface area contributed by atoms with Crippen molar-refractivity contribution in [1.82, 2.24) is 4.98 Å². The van der Waals surface area contributed by atoms with Crippen LogP contribution >= 0.6 is 11.3 Å². The molecule has 0 aliphatic rings. The van der Waals surface area contributed by atoms with E-state index in [-0.39, 0.29) is 0 Å². The Hall–Kier alpha value is -2.07. The molecule has 0 amide bonds. The lowest BCUT2D eigenvalue weighted by molar-refractivity contribution is 1.18. The highest BCUT2D eigenvalue weighted by Crippen LogP contribution is 2.26. The number of hydrogen-bond donors (Lipinski definition) is 2. The number of aryl methyl sites for hydroxylation is 2. The van der Waals surface area contributed by atoms with Gasteiger partial charge in [0.05, 0.1) is 5.52 Å². The Morgan fingerprint density at radius 2 is 1.95 bits per heavy atom. The Morgan fingerprint density at radius 1 is 1.14 bits per heavy atom. The summed E-state index contributed by atoms with van der Waals surface area (Å²) in [6, 6.07) is 12.3. The van der Waals surface area contributed by atoms with Gasteiger partial charge in [0.1, 0.15) is 0 Å². The molecule has 0 saturated carbocycles. The minimum atomic E-state index is 0.764. The molecule has 4 heteroatoms. The van der Waals surface area contributed by atoms with E-state index in [0.717, 1.165) is 40.9 Å². The molecular formula is C17H19N3S. The van der Waals surface area contributed by atoms with Crippen molar-refractivity contribution in [2.45, 2.75) is 26.8 Å². The van der Waals surface area contributed by atoms with Crippen LogP contribution in [0.3, 0.4) is 0 Å². The fourth-order valence-corrected chi connectivity index (χ4v) is 3.31. The van der Waals surface area contributed by atoms with Gasteiger partial charge >= 0.3 is 0 Å². The standard InChI is InChI=1S/C17H19N3S/c1-3-13-5-6-14(21-13)10-19-17-8-11(2)20-16-7-4-12(18)9-15(16)17/h4-9H,3,10,18H2,1-2H3,(H,19,20). The Labute approximate surface area is 128 Å². The molecule has 2 aromatic heterocycles. The molecule has 3 N–H and O–H groups in total. The number of fused-ring (bicyclic) bond motifs is 1. The van der Waals surface area contributed by atoms with Crippen molar-refractivity contribution in [3.63, 3.8) is 0 Å². The SMILES string of the molecule is CCc1ccc(CNc2cc(C)nc3ccc(N)cc23)s1. The Balaban J connectivity index is 1.90. The smallest absolute Gasteiger partial charge is 0.0727 e.